The first kappa shape index (κ1) is 28.8. The molecule has 0 bridgehead atoms. The van der Waals surface area contributed by atoms with E-state index in [2.05, 4.69) is 20.2 Å². The maximum absolute atomic E-state index is 14.3. The number of esters is 1. The Kier molecular flexibility index (Phi) is 8.27. The number of rotatable bonds is 10. The smallest absolute Gasteiger partial charge is 0.417 e. The van der Waals surface area contributed by atoms with Gasteiger partial charge >= 0.3 is 12.1 Å². The second-order valence-electron chi connectivity index (χ2n) is 9.51. The zero-order chi connectivity index (χ0) is 29.9. The Morgan fingerprint density at radius 1 is 1.10 bits per heavy atom. The molecule has 0 saturated heterocycles. The number of hydrazone groups is 1. The van der Waals surface area contributed by atoms with Gasteiger partial charge in [0.1, 0.15) is 28.8 Å². The number of aromatic amines is 1. The summed E-state index contributed by atoms with van der Waals surface area (Å²) < 4.78 is 72.5. The Balaban J connectivity index is 1.47. The van der Waals surface area contributed by atoms with E-state index in [1.54, 1.807) is 18.2 Å². The van der Waals surface area contributed by atoms with Crippen LogP contribution in [0, 0.1) is 5.82 Å². The maximum atomic E-state index is 14.3. The molecule has 0 radical (unpaired) electrons. The van der Waals surface area contributed by atoms with Gasteiger partial charge in [0.05, 0.1) is 42.8 Å². The van der Waals surface area contributed by atoms with E-state index in [0.717, 1.165) is 6.07 Å². The summed E-state index contributed by atoms with van der Waals surface area (Å²) in [7, 11) is 0. The third kappa shape index (κ3) is 5.99. The molecule has 2 aromatic heterocycles. The molecule has 1 aliphatic rings. The van der Waals surface area contributed by atoms with Gasteiger partial charge in [0.15, 0.2) is 5.76 Å². The largest absolute Gasteiger partial charge is 0.494 e. The van der Waals surface area contributed by atoms with Crippen molar-refractivity contribution in [1.29, 1.82) is 0 Å². The van der Waals surface area contributed by atoms with E-state index in [9.17, 15) is 22.4 Å². The molecule has 0 aliphatic carbocycles. The molecule has 4 aromatic rings. The first-order chi connectivity index (χ1) is 20.2. The van der Waals surface area contributed by atoms with Gasteiger partial charge in [-0.3, -0.25) is 5.01 Å². The Labute approximate surface area is 238 Å². The molecule has 220 valence electrons. The SMILES string of the molecule is CCCOC(=O)C(c1cc(-c2ccc(OCCC)cc2C(F)(F)F)no1)N1Cc2[nH]c(-c3ccccc3F)nc2C=N1. The minimum atomic E-state index is -4.70. The summed E-state index contributed by atoms with van der Waals surface area (Å²) in [5.41, 5.74) is -0.0775. The first-order valence-electron chi connectivity index (χ1n) is 13.3. The summed E-state index contributed by atoms with van der Waals surface area (Å²) in [5, 5.41) is 9.54. The number of aromatic nitrogens is 3. The van der Waals surface area contributed by atoms with Crippen LogP contribution in [0.5, 0.6) is 5.75 Å². The highest BCUT2D eigenvalue weighted by Crippen LogP contribution is 2.40. The van der Waals surface area contributed by atoms with Crippen LogP contribution in [0.1, 0.15) is 55.4 Å². The van der Waals surface area contributed by atoms with Gasteiger partial charge in [0.2, 0.25) is 6.04 Å². The predicted molar refractivity (Wildman–Crippen MR) is 144 cm³/mol. The fourth-order valence-electron chi connectivity index (χ4n) is 4.42. The second-order valence-corrected chi connectivity index (χ2v) is 9.51. The minimum absolute atomic E-state index is 0.0203. The molecule has 3 heterocycles. The highest BCUT2D eigenvalue weighted by molar-refractivity contribution is 5.82. The van der Waals surface area contributed by atoms with Crippen LogP contribution in [-0.2, 0) is 22.3 Å². The van der Waals surface area contributed by atoms with Crippen LogP contribution in [0.4, 0.5) is 17.6 Å². The number of imidazole rings is 1. The summed E-state index contributed by atoms with van der Waals surface area (Å²) in [5.74, 6) is -0.904. The highest BCUT2D eigenvalue weighted by atomic mass is 19.4. The van der Waals surface area contributed by atoms with Gasteiger partial charge in [-0.25, -0.2) is 14.2 Å². The summed E-state index contributed by atoms with van der Waals surface area (Å²) >= 11 is 0. The van der Waals surface area contributed by atoms with Crippen molar-refractivity contribution in [3.05, 3.63) is 77.1 Å². The third-order valence-corrected chi connectivity index (χ3v) is 6.40. The van der Waals surface area contributed by atoms with Crippen LogP contribution in [0.3, 0.4) is 0 Å². The number of H-pyrrole nitrogens is 1. The number of carbonyl (C=O) groups is 1. The average Bonchev–Trinajstić information content (AvgIpc) is 3.62. The van der Waals surface area contributed by atoms with Crippen molar-refractivity contribution >= 4 is 12.2 Å². The zero-order valence-electron chi connectivity index (χ0n) is 22.7. The monoisotopic (exact) mass is 585 g/mol. The third-order valence-electron chi connectivity index (χ3n) is 6.40. The number of halogens is 4. The van der Waals surface area contributed by atoms with E-state index in [1.165, 1.54) is 35.5 Å². The lowest BCUT2D eigenvalue weighted by atomic mass is 10.0. The summed E-state index contributed by atoms with van der Waals surface area (Å²) in [6.45, 7) is 4.06. The molecule has 42 heavy (non-hydrogen) atoms. The lowest BCUT2D eigenvalue weighted by molar-refractivity contribution is -0.151. The molecular weight excluding hydrogens is 558 g/mol. The molecule has 1 N–H and O–H groups in total. The van der Waals surface area contributed by atoms with Crippen molar-refractivity contribution in [2.45, 2.75) is 45.5 Å². The van der Waals surface area contributed by atoms with Crippen molar-refractivity contribution in [2.75, 3.05) is 13.2 Å². The van der Waals surface area contributed by atoms with E-state index in [-0.39, 0.29) is 53.9 Å². The lowest BCUT2D eigenvalue weighted by Gasteiger charge is -2.27. The van der Waals surface area contributed by atoms with Crippen molar-refractivity contribution in [3.63, 3.8) is 0 Å². The first-order valence-corrected chi connectivity index (χ1v) is 13.3. The Morgan fingerprint density at radius 3 is 2.62 bits per heavy atom. The van der Waals surface area contributed by atoms with Gasteiger partial charge < -0.3 is 19.0 Å². The highest BCUT2D eigenvalue weighted by Gasteiger charge is 2.38. The van der Waals surface area contributed by atoms with Gasteiger partial charge in [-0.2, -0.15) is 18.3 Å². The summed E-state index contributed by atoms with van der Waals surface area (Å²) in [4.78, 5) is 20.7. The van der Waals surface area contributed by atoms with Crippen molar-refractivity contribution < 1.29 is 36.4 Å². The van der Waals surface area contributed by atoms with Gasteiger partial charge in [0, 0.05) is 11.6 Å². The molecule has 0 saturated carbocycles. The Morgan fingerprint density at radius 2 is 1.88 bits per heavy atom. The molecule has 0 amide bonds. The molecule has 1 unspecified atom stereocenters. The van der Waals surface area contributed by atoms with Crippen LogP contribution in [0.25, 0.3) is 22.6 Å². The van der Waals surface area contributed by atoms with Crippen molar-refractivity contribution in [1.82, 2.24) is 20.1 Å². The molecule has 1 atom stereocenters. The normalized spacial score (nSPS) is 13.6. The van der Waals surface area contributed by atoms with Crippen LogP contribution in [0.15, 0.2) is 58.2 Å². The van der Waals surface area contributed by atoms with E-state index in [0.29, 0.717) is 24.2 Å². The molecule has 5 rings (SSSR count). The van der Waals surface area contributed by atoms with Crippen molar-refractivity contribution in [2.24, 2.45) is 5.10 Å². The van der Waals surface area contributed by atoms with E-state index in [4.69, 9.17) is 14.0 Å². The summed E-state index contributed by atoms with van der Waals surface area (Å²) in [6, 6.07) is 9.70. The number of nitrogens with zero attached hydrogens (tertiary/aromatic N) is 4. The molecule has 0 fully saturated rings. The molecule has 2 aromatic carbocycles. The lowest BCUT2D eigenvalue weighted by Crippen LogP contribution is -2.33. The second kappa shape index (κ2) is 12.0. The van der Waals surface area contributed by atoms with Crippen LogP contribution < -0.4 is 4.74 Å². The molecular formula is C29H27F4N5O4. The fraction of sp³-hybridized carbons (Fsp3) is 0.310. The molecule has 1 aliphatic heterocycles. The maximum Gasteiger partial charge on any atom is 0.417 e. The quantitative estimate of drug-likeness (QED) is 0.167. The number of carbonyl (C=O) groups excluding carboxylic acids is 1. The fourth-order valence-corrected chi connectivity index (χ4v) is 4.42. The molecule has 13 heteroatoms. The Bertz CT molecular complexity index is 1600. The number of hydrogen-bond donors (Lipinski definition) is 1. The van der Waals surface area contributed by atoms with Crippen LogP contribution in [0.2, 0.25) is 0 Å². The van der Waals surface area contributed by atoms with E-state index < -0.39 is 29.6 Å². The predicted octanol–water partition coefficient (Wildman–Crippen LogP) is 6.52. The Hall–Kier alpha value is -4.68. The molecule has 9 nitrogen and oxygen atoms in total. The average molecular weight is 586 g/mol. The van der Waals surface area contributed by atoms with Gasteiger partial charge in [-0.1, -0.05) is 31.1 Å². The van der Waals surface area contributed by atoms with Crippen LogP contribution in [-0.4, -0.2) is 45.5 Å². The number of ether oxygens (including phenoxy) is 2. The topological polar surface area (TPSA) is 106 Å². The molecule has 0 spiro atoms. The van der Waals surface area contributed by atoms with Crippen LogP contribution >= 0.6 is 0 Å². The number of benzene rings is 2. The zero-order valence-corrected chi connectivity index (χ0v) is 22.7. The number of fused-ring (bicyclic) bond motifs is 1. The van der Waals surface area contributed by atoms with Crippen molar-refractivity contribution in [3.8, 4) is 28.4 Å². The van der Waals surface area contributed by atoms with E-state index >= 15 is 0 Å². The number of nitrogens with one attached hydrogen (secondary N) is 1. The van der Waals surface area contributed by atoms with Gasteiger partial charge in [-0.05, 0) is 43.2 Å². The van der Waals surface area contributed by atoms with Gasteiger partial charge in [0.25, 0.3) is 0 Å². The minimum Gasteiger partial charge on any atom is -0.494 e. The standard InChI is InChI=1S/C29H27F4N5O4/c1-3-11-40-17-9-10-18(20(13-17)29(31,32)33)22-14-25(42-37-22)26(28(39)41-12-4-2)38-16-24-23(15-34-38)35-27(36-24)19-7-5-6-8-21(19)30/h5-10,13-15,26H,3-4,11-12,16H2,1-2H3,(H,35,36). The van der Waals surface area contributed by atoms with E-state index in [1.807, 2.05) is 13.8 Å². The summed E-state index contributed by atoms with van der Waals surface area (Å²) in [6.07, 6.45) is -2.13. The number of alkyl halides is 3. The van der Waals surface area contributed by atoms with Gasteiger partial charge in [-0.15, -0.1) is 0 Å². The number of hydrogen-bond acceptors (Lipinski definition) is 8.